The van der Waals surface area contributed by atoms with Crippen molar-refractivity contribution in [1.82, 2.24) is 4.90 Å². The Bertz CT molecular complexity index is 205. The lowest BCUT2D eigenvalue weighted by Crippen LogP contribution is -2.28. The highest BCUT2D eigenvalue weighted by molar-refractivity contribution is 7.96. The average Bonchev–Trinajstić information content (AvgIpc) is 2.43. The van der Waals surface area contributed by atoms with E-state index in [0.717, 1.165) is 25.9 Å². The van der Waals surface area contributed by atoms with Crippen LogP contribution in [0, 0.1) is 0 Å². The summed E-state index contributed by atoms with van der Waals surface area (Å²) < 4.78 is 0. The summed E-state index contributed by atoms with van der Waals surface area (Å²) in [7, 11) is 0. The first-order valence-corrected chi connectivity index (χ1v) is 9.15. The minimum Gasteiger partial charge on any atom is -0.334 e. The summed E-state index contributed by atoms with van der Waals surface area (Å²) in [5, 5.41) is -0.0490. The number of carbonyl (C=O) groups is 1. The van der Waals surface area contributed by atoms with Crippen molar-refractivity contribution < 1.29 is 4.79 Å². The molecule has 120 valence electrons. The fraction of sp³-hybridized carbons (Fsp3) is 0.941. The third-order valence-electron chi connectivity index (χ3n) is 3.83. The standard InChI is InChI=1S/C17H35NOS/c1-3-5-7-9-11-13-15-18(17(19)20)16-14-12-10-8-6-4-2/h3-16H2,1-2H3,(H,19,20). The number of hydrogen-bond acceptors (Lipinski definition) is 1. The molecule has 0 rings (SSSR count). The zero-order chi connectivity index (χ0) is 15.1. The first-order chi connectivity index (χ1) is 9.72. The van der Waals surface area contributed by atoms with Crippen LogP contribution in [0.1, 0.15) is 90.9 Å². The molecule has 0 heterocycles. The van der Waals surface area contributed by atoms with E-state index in [1.54, 1.807) is 0 Å². The maximum atomic E-state index is 11.5. The molecule has 0 fully saturated rings. The molecule has 1 amide bonds. The Morgan fingerprint density at radius 1 is 0.700 bits per heavy atom. The van der Waals surface area contributed by atoms with Crippen molar-refractivity contribution in [3.63, 3.8) is 0 Å². The van der Waals surface area contributed by atoms with Crippen molar-refractivity contribution in [3.05, 3.63) is 0 Å². The number of unbranched alkanes of at least 4 members (excludes halogenated alkanes) is 10. The Hall–Kier alpha value is -0.180. The molecule has 0 unspecified atom stereocenters. The summed E-state index contributed by atoms with van der Waals surface area (Å²) >= 11 is 4.00. The molecule has 0 aromatic heterocycles. The van der Waals surface area contributed by atoms with Gasteiger partial charge in [-0.2, -0.15) is 0 Å². The van der Waals surface area contributed by atoms with Crippen LogP contribution in [0.2, 0.25) is 0 Å². The third-order valence-corrected chi connectivity index (χ3v) is 4.12. The molecule has 0 radical (unpaired) electrons. The van der Waals surface area contributed by atoms with Gasteiger partial charge in [-0.05, 0) is 12.8 Å². The second-order valence-electron chi connectivity index (χ2n) is 5.81. The van der Waals surface area contributed by atoms with E-state index >= 15 is 0 Å². The molecule has 3 heteroatoms. The predicted octanol–water partition coefficient (Wildman–Crippen LogP) is 6.06. The van der Waals surface area contributed by atoms with Crippen molar-refractivity contribution in [2.75, 3.05) is 13.1 Å². The summed E-state index contributed by atoms with van der Waals surface area (Å²) in [5.74, 6) is 0. The Kier molecular flexibility index (Phi) is 15.1. The van der Waals surface area contributed by atoms with Crippen LogP contribution >= 0.6 is 12.6 Å². The lowest BCUT2D eigenvalue weighted by Gasteiger charge is -2.20. The van der Waals surface area contributed by atoms with Crippen molar-refractivity contribution in [3.8, 4) is 0 Å². The zero-order valence-electron chi connectivity index (χ0n) is 13.7. The number of thiol groups is 1. The van der Waals surface area contributed by atoms with Crippen LogP contribution < -0.4 is 0 Å². The van der Waals surface area contributed by atoms with E-state index in [1.165, 1.54) is 64.2 Å². The average molecular weight is 302 g/mol. The number of nitrogens with zero attached hydrogens (tertiary/aromatic N) is 1. The fourth-order valence-electron chi connectivity index (χ4n) is 2.47. The van der Waals surface area contributed by atoms with Gasteiger partial charge in [0.05, 0.1) is 0 Å². The van der Waals surface area contributed by atoms with E-state index in [2.05, 4.69) is 26.5 Å². The molecule has 0 saturated heterocycles. The van der Waals surface area contributed by atoms with Crippen molar-refractivity contribution in [1.29, 1.82) is 0 Å². The van der Waals surface area contributed by atoms with Crippen LogP contribution in [0.4, 0.5) is 4.79 Å². The smallest absolute Gasteiger partial charge is 0.278 e. The maximum absolute atomic E-state index is 11.5. The largest absolute Gasteiger partial charge is 0.334 e. The van der Waals surface area contributed by atoms with E-state index < -0.39 is 0 Å². The minimum atomic E-state index is -0.0490. The van der Waals surface area contributed by atoms with Gasteiger partial charge < -0.3 is 4.90 Å². The fourth-order valence-corrected chi connectivity index (χ4v) is 2.67. The van der Waals surface area contributed by atoms with Gasteiger partial charge in [-0.3, -0.25) is 4.79 Å². The molecular formula is C17H35NOS. The Morgan fingerprint density at radius 3 is 1.40 bits per heavy atom. The van der Waals surface area contributed by atoms with Crippen LogP contribution in [-0.2, 0) is 0 Å². The van der Waals surface area contributed by atoms with Crippen LogP contribution in [0.25, 0.3) is 0 Å². The normalized spacial score (nSPS) is 10.8. The van der Waals surface area contributed by atoms with Crippen LogP contribution in [0.3, 0.4) is 0 Å². The van der Waals surface area contributed by atoms with Crippen molar-refractivity contribution >= 4 is 17.9 Å². The highest BCUT2D eigenvalue weighted by Crippen LogP contribution is 2.10. The topological polar surface area (TPSA) is 20.3 Å². The molecule has 0 aliphatic rings. The summed E-state index contributed by atoms with van der Waals surface area (Å²) in [5.41, 5.74) is 0. The van der Waals surface area contributed by atoms with E-state index in [1.807, 2.05) is 4.90 Å². The summed E-state index contributed by atoms with van der Waals surface area (Å²) in [6, 6.07) is 0. The molecule has 0 aromatic rings. The van der Waals surface area contributed by atoms with E-state index in [9.17, 15) is 4.79 Å². The lowest BCUT2D eigenvalue weighted by molar-refractivity contribution is 0.220. The third kappa shape index (κ3) is 12.8. The van der Waals surface area contributed by atoms with Crippen LogP contribution in [0.5, 0.6) is 0 Å². The van der Waals surface area contributed by atoms with Crippen molar-refractivity contribution in [2.45, 2.75) is 90.9 Å². The zero-order valence-corrected chi connectivity index (χ0v) is 14.6. The van der Waals surface area contributed by atoms with E-state index in [4.69, 9.17) is 0 Å². The number of carbonyl (C=O) groups excluding carboxylic acids is 1. The second kappa shape index (κ2) is 15.2. The Labute approximate surface area is 132 Å². The molecule has 0 spiro atoms. The number of rotatable bonds is 14. The van der Waals surface area contributed by atoms with Gasteiger partial charge in [-0.25, -0.2) is 0 Å². The van der Waals surface area contributed by atoms with Gasteiger partial charge in [0.15, 0.2) is 0 Å². The highest BCUT2D eigenvalue weighted by Gasteiger charge is 2.08. The molecule has 0 aliphatic carbocycles. The molecule has 0 aromatic carbocycles. The molecule has 0 saturated carbocycles. The predicted molar refractivity (Wildman–Crippen MR) is 92.7 cm³/mol. The summed E-state index contributed by atoms with van der Waals surface area (Å²) in [6.07, 6.45) is 15.3. The summed E-state index contributed by atoms with van der Waals surface area (Å²) in [4.78, 5) is 13.4. The molecular weight excluding hydrogens is 266 g/mol. The highest BCUT2D eigenvalue weighted by atomic mass is 32.1. The van der Waals surface area contributed by atoms with E-state index in [-0.39, 0.29) is 5.24 Å². The molecule has 2 nitrogen and oxygen atoms in total. The van der Waals surface area contributed by atoms with Gasteiger partial charge >= 0.3 is 0 Å². The summed E-state index contributed by atoms with van der Waals surface area (Å²) in [6.45, 7) is 6.26. The molecule has 0 N–H and O–H groups in total. The first-order valence-electron chi connectivity index (χ1n) is 8.70. The van der Waals surface area contributed by atoms with Gasteiger partial charge in [-0.15, -0.1) is 0 Å². The van der Waals surface area contributed by atoms with Gasteiger partial charge in [0.2, 0.25) is 0 Å². The first kappa shape index (κ1) is 19.8. The SMILES string of the molecule is CCCCCCCCN(CCCCCCCC)C(=O)S. The molecule has 20 heavy (non-hydrogen) atoms. The van der Waals surface area contributed by atoms with Gasteiger partial charge in [0, 0.05) is 13.1 Å². The van der Waals surface area contributed by atoms with Crippen LogP contribution in [-0.4, -0.2) is 23.2 Å². The number of amides is 1. The van der Waals surface area contributed by atoms with Gasteiger partial charge in [-0.1, -0.05) is 90.7 Å². The maximum Gasteiger partial charge on any atom is 0.278 e. The molecule has 0 aliphatic heterocycles. The van der Waals surface area contributed by atoms with E-state index in [0.29, 0.717) is 0 Å². The quantitative estimate of drug-likeness (QED) is 0.305. The monoisotopic (exact) mass is 301 g/mol. The Morgan fingerprint density at radius 2 is 1.05 bits per heavy atom. The van der Waals surface area contributed by atoms with Crippen LogP contribution in [0.15, 0.2) is 0 Å². The Balaban J connectivity index is 3.53. The number of hydrogen-bond donors (Lipinski definition) is 1. The van der Waals surface area contributed by atoms with Gasteiger partial charge in [0.25, 0.3) is 5.24 Å². The molecule has 0 bridgehead atoms. The molecule has 0 atom stereocenters. The lowest BCUT2D eigenvalue weighted by atomic mass is 10.1. The van der Waals surface area contributed by atoms with Crippen molar-refractivity contribution in [2.24, 2.45) is 0 Å². The minimum absolute atomic E-state index is 0.0490. The van der Waals surface area contributed by atoms with Gasteiger partial charge in [0.1, 0.15) is 0 Å². The second-order valence-corrected chi connectivity index (χ2v) is 6.19.